The number of amides is 1. The second kappa shape index (κ2) is 8.28. The maximum Gasteiger partial charge on any atom is 0.411 e. The molecule has 3 rings (SSSR count). The Morgan fingerprint density at radius 3 is 2.29 bits per heavy atom. The summed E-state index contributed by atoms with van der Waals surface area (Å²) >= 11 is 0. The molecule has 1 amide bonds. The van der Waals surface area contributed by atoms with Gasteiger partial charge in [0.05, 0.1) is 6.26 Å². The van der Waals surface area contributed by atoms with Crippen molar-refractivity contribution in [3.63, 3.8) is 0 Å². The molecular formula is C20H22FNO5S. The van der Waals surface area contributed by atoms with E-state index in [-0.39, 0.29) is 5.56 Å². The maximum absolute atomic E-state index is 14.8. The molecule has 1 aliphatic heterocycles. The van der Waals surface area contributed by atoms with E-state index in [1.54, 1.807) is 36.4 Å². The number of carbonyl (C=O) groups is 1. The maximum atomic E-state index is 14.8. The van der Waals surface area contributed by atoms with Crippen LogP contribution in [-0.4, -0.2) is 45.4 Å². The van der Waals surface area contributed by atoms with Crippen LogP contribution < -0.4 is 0 Å². The Bertz CT molecular complexity index is 929. The number of rotatable bonds is 6. The molecule has 0 unspecified atom stereocenters. The summed E-state index contributed by atoms with van der Waals surface area (Å²) < 4.78 is 49.1. The molecule has 1 heterocycles. The van der Waals surface area contributed by atoms with E-state index in [1.165, 1.54) is 23.1 Å². The molecule has 150 valence electrons. The van der Waals surface area contributed by atoms with Gasteiger partial charge in [0.2, 0.25) is 0 Å². The largest absolute Gasteiger partial charge is 0.430 e. The predicted molar refractivity (Wildman–Crippen MR) is 102 cm³/mol. The number of likely N-dealkylation sites (tertiary alicyclic amines) is 1. The quantitative estimate of drug-likeness (QED) is 0.687. The zero-order valence-corrected chi connectivity index (χ0v) is 16.3. The van der Waals surface area contributed by atoms with Gasteiger partial charge in [0, 0.05) is 24.2 Å². The molecule has 0 radical (unpaired) electrons. The van der Waals surface area contributed by atoms with Crippen LogP contribution in [0.5, 0.6) is 0 Å². The summed E-state index contributed by atoms with van der Waals surface area (Å²) in [5.74, 6) is -0.627. The fraction of sp³-hybridized carbons (Fsp3) is 0.350. The summed E-state index contributed by atoms with van der Waals surface area (Å²) in [6.45, 7) is 0.498. The van der Waals surface area contributed by atoms with E-state index in [0.717, 1.165) is 19.1 Å². The number of benzene rings is 2. The summed E-state index contributed by atoms with van der Waals surface area (Å²) in [4.78, 5) is 14.3. The molecule has 0 N–H and O–H groups in total. The van der Waals surface area contributed by atoms with Crippen molar-refractivity contribution in [2.45, 2.75) is 18.4 Å². The average Bonchev–Trinajstić information content (AvgIpc) is 3.21. The van der Waals surface area contributed by atoms with E-state index >= 15 is 0 Å². The second-order valence-electron chi connectivity index (χ2n) is 6.70. The molecule has 2 aromatic rings. The minimum atomic E-state index is -3.87. The molecule has 2 aromatic carbocycles. The Labute approximate surface area is 164 Å². The molecule has 0 saturated carbocycles. The van der Waals surface area contributed by atoms with Crippen LogP contribution in [0.15, 0.2) is 54.6 Å². The topological polar surface area (TPSA) is 72.9 Å². The van der Waals surface area contributed by atoms with E-state index in [0.29, 0.717) is 18.7 Å². The van der Waals surface area contributed by atoms with Crippen molar-refractivity contribution in [1.29, 1.82) is 0 Å². The van der Waals surface area contributed by atoms with Gasteiger partial charge in [0.15, 0.2) is 5.60 Å². The van der Waals surface area contributed by atoms with E-state index in [2.05, 4.69) is 0 Å². The van der Waals surface area contributed by atoms with Crippen LogP contribution in [0.3, 0.4) is 0 Å². The Kier molecular flexibility index (Phi) is 6.00. The van der Waals surface area contributed by atoms with Crippen LogP contribution in [0.25, 0.3) is 0 Å². The lowest BCUT2D eigenvalue weighted by molar-refractivity contribution is -0.0131. The molecule has 1 aliphatic rings. The molecule has 1 fully saturated rings. The summed E-state index contributed by atoms with van der Waals surface area (Å²) in [5.41, 5.74) is -1.32. The van der Waals surface area contributed by atoms with Crippen molar-refractivity contribution < 1.29 is 26.5 Å². The lowest BCUT2D eigenvalue weighted by Crippen LogP contribution is -2.43. The van der Waals surface area contributed by atoms with Gasteiger partial charge in [0.1, 0.15) is 12.4 Å². The van der Waals surface area contributed by atoms with Crippen molar-refractivity contribution in [1.82, 2.24) is 4.90 Å². The van der Waals surface area contributed by atoms with Crippen LogP contribution in [0.1, 0.15) is 24.0 Å². The Morgan fingerprint density at radius 1 is 1.07 bits per heavy atom. The molecular weight excluding hydrogens is 385 g/mol. The van der Waals surface area contributed by atoms with Gasteiger partial charge in [-0.05, 0) is 18.9 Å². The van der Waals surface area contributed by atoms with Gasteiger partial charge in [-0.25, -0.2) is 9.18 Å². The highest BCUT2D eigenvalue weighted by atomic mass is 32.2. The highest BCUT2D eigenvalue weighted by molar-refractivity contribution is 7.85. The number of ether oxygens (including phenoxy) is 1. The number of hydrogen-bond donors (Lipinski definition) is 0. The lowest BCUT2D eigenvalue weighted by atomic mass is 9.86. The standard InChI is InChI=1S/C20H22FNO5S/c1-28(24,25)26-15-20(16-9-3-2-4-10-16,17-11-5-6-12-18(17)21)27-19(23)22-13-7-8-14-22/h2-6,9-12H,7-8,13-15H2,1H3/t20-/m1/s1. The Morgan fingerprint density at radius 2 is 1.68 bits per heavy atom. The van der Waals surface area contributed by atoms with Gasteiger partial charge in [-0.1, -0.05) is 48.5 Å². The van der Waals surface area contributed by atoms with Crippen LogP contribution in [0.2, 0.25) is 0 Å². The van der Waals surface area contributed by atoms with Crippen LogP contribution in [-0.2, 0) is 24.6 Å². The third-order valence-corrected chi connectivity index (χ3v) is 5.20. The van der Waals surface area contributed by atoms with E-state index < -0.39 is 34.2 Å². The molecule has 8 heteroatoms. The predicted octanol–water partition coefficient (Wildman–Crippen LogP) is 3.28. The van der Waals surface area contributed by atoms with E-state index in [4.69, 9.17) is 8.92 Å². The summed E-state index contributed by atoms with van der Waals surface area (Å²) in [6, 6.07) is 14.3. The highest BCUT2D eigenvalue weighted by Crippen LogP contribution is 2.37. The monoisotopic (exact) mass is 407 g/mol. The summed E-state index contributed by atoms with van der Waals surface area (Å²) in [6.07, 6.45) is 1.97. The first-order valence-corrected chi connectivity index (χ1v) is 10.8. The molecule has 6 nitrogen and oxygen atoms in total. The molecule has 0 bridgehead atoms. The minimum Gasteiger partial charge on any atom is -0.430 e. The lowest BCUT2D eigenvalue weighted by Gasteiger charge is -2.35. The van der Waals surface area contributed by atoms with Gasteiger partial charge in [0.25, 0.3) is 10.1 Å². The number of hydrogen-bond acceptors (Lipinski definition) is 5. The van der Waals surface area contributed by atoms with Gasteiger partial charge in [-0.2, -0.15) is 8.42 Å². The first kappa shape index (κ1) is 20.3. The van der Waals surface area contributed by atoms with Gasteiger partial charge in [-0.15, -0.1) is 0 Å². The smallest absolute Gasteiger partial charge is 0.411 e. The zero-order chi connectivity index (χ0) is 20.2. The fourth-order valence-electron chi connectivity index (χ4n) is 3.26. The van der Waals surface area contributed by atoms with Gasteiger partial charge >= 0.3 is 6.09 Å². The fourth-order valence-corrected chi connectivity index (χ4v) is 3.64. The molecule has 1 saturated heterocycles. The zero-order valence-electron chi connectivity index (χ0n) is 15.5. The third kappa shape index (κ3) is 4.51. The summed E-state index contributed by atoms with van der Waals surface area (Å²) in [7, 11) is -3.87. The van der Waals surface area contributed by atoms with Gasteiger partial charge < -0.3 is 9.64 Å². The van der Waals surface area contributed by atoms with Crippen molar-refractivity contribution in [2.75, 3.05) is 26.0 Å². The first-order chi connectivity index (χ1) is 13.3. The normalized spacial score (nSPS) is 16.6. The van der Waals surface area contributed by atoms with Crippen LogP contribution >= 0.6 is 0 Å². The number of halogens is 1. The highest BCUT2D eigenvalue weighted by Gasteiger charge is 2.43. The molecule has 28 heavy (non-hydrogen) atoms. The third-order valence-electron chi connectivity index (χ3n) is 4.65. The number of carbonyl (C=O) groups excluding carboxylic acids is 1. The first-order valence-electron chi connectivity index (χ1n) is 8.95. The van der Waals surface area contributed by atoms with Crippen molar-refractivity contribution in [3.8, 4) is 0 Å². The second-order valence-corrected chi connectivity index (χ2v) is 8.35. The minimum absolute atomic E-state index is 0.0254. The Hall–Kier alpha value is -2.45. The summed E-state index contributed by atoms with van der Waals surface area (Å²) in [5, 5.41) is 0. The van der Waals surface area contributed by atoms with Crippen molar-refractivity contribution in [2.24, 2.45) is 0 Å². The number of nitrogens with zero attached hydrogens (tertiary/aromatic N) is 1. The SMILES string of the molecule is CS(=O)(=O)OC[C@@](OC(=O)N1CCCC1)(c1ccccc1)c1ccccc1F. The molecule has 0 aliphatic carbocycles. The van der Waals surface area contributed by atoms with E-state index in [1.807, 2.05) is 0 Å². The average molecular weight is 407 g/mol. The van der Waals surface area contributed by atoms with Crippen molar-refractivity contribution in [3.05, 3.63) is 71.5 Å². The van der Waals surface area contributed by atoms with Crippen LogP contribution in [0, 0.1) is 5.82 Å². The Balaban J connectivity index is 2.12. The van der Waals surface area contributed by atoms with Crippen molar-refractivity contribution >= 4 is 16.2 Å². The van der Waals surface area contributed by atoms with Gasteiger partial charge in [-0.3, -0.25) is 4.18 Å². The molecule has 1 atom stereocenters. The van der Waals surface area contributed by atoms with Crippen LogP contribution in [0.4, 0.5) is 9.18 Å². The van der Waals surface area contributed by atoms with E-state index in [9.17, 15) is 17.6 Å². The molecule has 0 spiro atoms. The molecule has 0 aromatic heterocycles.